The Morgan fingerprint density at radius 1 is 1.10 bits per heavy atom. The van der Waals surface area contributed by atoms with Crippen molar-refractivity contribution >= 4 is 23.4 Å². The van der Waals surface area contributed by atoms with E-state index in [1.807, 2.05) is 6.07 Å². The molecular formula is C22H13ClF2N2O2. The van der Waals surface area contributed by atoms with Gasteiger partial charge in [-0.25, -0.2) is 13.6 Å². The number of fused-ring (bicyclic) bond motifs is 1. The Kier molecular flexibility index (Phi) is 4.91. The SMILES string of the molecule is N#Cc1cccc(-c2ccc3c(c2Cl)C(Cc2ccc(F)c(F)c2)OC(=O)N3)c1. The maximum atomic E-state index is 13.6. The lowest BCUT2D eigenvalue weighted by molar-refractivity contribution is 0.106. The fraction of sp³-hybridized carbons (Fsp3) is 0.0909. The van der Waals surface area contributed by atoms with Crippen LogP contribution in [0, 0.1) is 23.0 Å². The van der Waals surface area contributed by atoms with E-state index in [1.165, 1.54) is 6.07 Å². The molecule has 29 heavy (non-hydrogen) atoms. The molecule has 1 unspecified atom stereocenters. The molecule has 3 aromatic rings. The number of hydrogen-bond acceptors (Lipinski definition) is 3. The molecule has 4 rings (SSSR count). The second kappa shape index (κ2) is 7.53. The van der Waals surface area contributed by atoms with Gasteiger partial charge in [0, 0.05) is 17.5 Å². The Balaban J connectivity index is 1.78. The number of anilines is 1. The third-order valence-corrected chi connectivity index (χ3v) is 5.10. The van der Waals surface area contributed by atoms with Gasteiger partial charge in [0.2, 0.25) is 0 Å². The molecule has 1 atom stereocenters. The number of carbonyl (C=O) groups excluding carboxylic acids is 1. The van der Waals surface area contributed by atoms with Gasteiger partial charge in [0.05, 0.1) is 22.3 Å². The summed E-state index contributed by atoms with van der Waals surface area (Å²) in [7, 11) is 0. The predicted molar refractivity (Wildman–Crippen MR) is 105 cm³/mol. The van der Waals surface area contributed by atoms with Gasteiger partial charge in [0.15, 0.2) is 11.6 Å². The molecule has 3 aromatic carbocycles. The average molecular weight is 411 g/mol. The molecule has 144 valence electrons. The van der Waals surface area contributed by atoms with Crippen LogP contribution in [0.4, 0.5) is 19.3 Å². The van der Waals surface area contributed by atoms with Crippen molar-refractivity contribution in [3.05, 3.63) is 87.9 Å². The molecule has 1 amide bonds. The summed E-state index contributed by atoms with van der Waals surface area (Å²) in [6.45, 7) is 0. The van der Waals surface area contributed by atoms with Crippen molar-refractivity contribution in [3.63, 3.8) is 0 Å². The summed E-state index contributed by atoms with van der Waals surface area (Å²) >= 11 is 6.67. The predicted octanol–water partition coefficient (Wildman–Crippen LogP) is 6.00. The lowest BCUT2D eigenvalue weighted by Crippen LogP contribution is -2.26. The van der Waals surface area contributed by atoms with Crippen LogP contribution in [0.5, 0.6) is 0 Å². The smallest absolute Gasteiger partial charge is 0.412 e. The summed E-state index contributed by atoms with van der Waals surface area (Å²) in [5, 5.41) is 12.1. The van der Waals surface area contributed by atoms with E-state index in [4.69, 9.17) is 21.6 Å². The number of ether oxygens (including phenoxy) is 1. The molecule has 0 radical (unpaired) electrons. The molecule has 1 aliphatic heterocycles. The van der Waals surface area contributed by atoms with Crippen LogP contribution in [0.3, 0.4) is 0 Å². The summed E-state index contributed by atoms with van der Waals surface area (Å²) < 4.78 is 32.2. The van der Waals surface area contributed by atoms with Crippen LogP contribution in [0.15, 0.2) is 54.6 Å². The van der Waals surface area contributed by atoms with Gasteiger partial charge in [-0.2, -0.15) is 5.26 Å². The highest BCUT2D eigenvalue weighted by Gasteiger charge is 2.30. The second-order valence-electron chi connectivity index (χ2n) is 6.55. The van der Waals surface area contributed by atoms with Crippen molar-refractivity contribution in [1.29, 1.82) is 5.26 Å². The van der Waals surface area contributed by atoms with E-state index < -0.39 is 23.8 Å². The third kappa shape index (κ3) is 3.65. The number of nitrogens with one attached hydrogen (secondary N) is 1. The molecule has 7 heteroatoms. The average Bonchev–Trinajstić information content (AvgIpc) is 2.70. The molecule has 1 N–H and O–H groups in total. The Morgan fingerprint density at radius 3 is 2.69 bits per heavy atom. The van der Waals surface area contributed by atoms with E-state index in [0.717, 1.165) is 17.7 Å². The van der Waals surface area contributed by atoms with Crippen LogP contribution >= 0.6 is 11.6 Å². The van der Waals surface area contributed by atoms with Crippen LogP contribution in [0.1, 0.15) is 22.8 Å². The van der Waals surface area contributed by atoms with Crippen LogP contribution in [0.2, 0.25) is 5.02 Å². The van der Waals surface area contributed by atoms with Crippen LogP contribution in [0.25, 0.3) is 11.1 Å². The molecule has 1 heterocycles. The molecular weight excluding hydrogens is 398 g/mol. The maximum Gasteiger partial charge on any atom is 0.412 e. The minimum atomic E-state index is -0.976. The quantitative estimate of drug-likeness (QED) is 0.575. The Bertz CT molecular complexity index is 1170. The number of halogens is 3. The number of cyclic esters (lactones) is 1. The molecule has 0 saturated carbocycles. The summed E-state index contributed by atoms with van der Waals surface area (Å²) in [5.41, 5.74) is 3.37. The number of benzene rings is 3. The molecule has 0 bridgehead atoms. The Labute approximate surface area is 170 Å². The van der Waals surface area contributed by atoms with Crippen molar-refractivity contribution in [2.45, 2.75) is 12.5 Å². The number of carbonyl (C=O) groups is 1. The van der Waals surface area contributed by atoms with Gasteiger partial charge in [-0.15, -0.1) is 0 Å². The summed E-state index contributed by atoms with van der Waals surface area (Å²) in [6.07, 6.45) is -1.31. The van der Waals surface area contributed by atoms with Gasteiger partial charge in [0.1, 0.15) is 6.10 Å². The zero-order valence-corrected chi connectivity index (χ0v) is 15.6. The number of hydrogen-bond donors (Lipinski definition) is 1. The first-order chi connectivity index (χ1) is 14.0. The van der Waals surface area contributed by atoms with Crippen LogP contribution in [-0.4, -0.2) is 6.09 Å². The van der Waals surface area contributed by atoms with E-state index in [-0.39, 0.29) is 6.42 Å². The summed E-state index contributed by atoms with van der Waals surface area (Å²) in [6, 6.07) is 16.0. The largest absolute Gasteiger partial charge is 0.441 e. The van der Waals surface area contributed by atoms with Crippen molar-refractivity contribution in [2.24, 2.45) is 0 Å². The normalized spacial score (nSPS) is 15.1. The van der Waals surface area contributed by atoms with Gasteiger partial charge in [-0.1, -0.05) is 35.9 Å². The van der Waals surface area contributed by atoms with E-state index >= 15 is 0 Å². The first kappa shape index (κ1) is 18.9. The maximum absolute atomic E-state index is 13.6. The second-order valence-corrected chi connectivity index (χ2v) is 6.93. The van der Waals surface area contributed by atoms with E-state index in [1.54, 1.807) is 30.3 Å². The minimum Gasteiger partial charge on any atom is -0.441 e. The molecule has 0 saturated heterocycles. The topological polar surface area (TPSA) is 62.1 Å². The number of amides is 1. The van der Waals surface area contributed by atoms with E-state index in [0.29, 0.717) is 33.0 Å². The monoisotopic (exact) mass is 410 g/mol. The van der Waals surface area contributed by atoms with Gasteiger partial charge < -0.3 is 4.74 Å². The fourth-order valence-corrected chi connectivity index (χ4v) is 3.74. The number of rotatable bonds is 3. The first-order valence-electron chi connectivity index (χ1n) is 8.71. The number of nitriles is 1. The highest BCUT2D eigenvalue weighted by atomic mass is 35.5. The minimum absolute atomic E-state index is 0.124. The van der Waals surface area contributed by atoms with E-state index in [9.17, 15) is 13.6 Å². The zero-order chi connectivity index (χ0) is 20.5. The van der Waals surface area contributed by atoms with E-state index in [2.05, 4.69) is 11.4 Å². The lowest BCUT2D eigenvalue weighted by Gasteiger charge is -2.28. The van der Waals surface area contributed by atoms with Gasteiger partial charge >= 0.3 is 6.09 Å². The van der Waals surface area contributed by atoms with Crippen molar-refractivity contribution in [2.75, 3.05) is 5.32 Å². The Hall–Kier alpha value is -3.43. The zero-order valence-electron chi connectivity index (χ0n) is 14.9. The molecule has 0 aromatic heterocycles. The Morgan fingerprint density at radius 2 is 1.93 bits per heavy atom. The van der Waals surface area contributed by atoms with Gasteiger partial charge in [-0.05, 0) is 41.5 Å². The molecule has 1 aliphatic rings. The summed E-state index contributed by atoms with van der Waals surface area (Å²) in [4.78, 5) is 12.0. The first-order valence-corrected chi connectivity index (χ1v) is 9.08. The summed E-state index contributed by atoms with van der Waals surface area (Å²) in [5.74, 6) is -1.93. The fourth-order valence-electron chi connectivity index (χ4n) is 3.35. The number of nitrogens with zero attached hydrogens (tertiary/aromatic N) is 1. The van der Waals surface area contributed by atoms with Crippen molar-refractivity contribution in [1.82, 2.24) is 0 Å². The van der Waals surface area contributed by atoms with Crippen LogP contribution < -0.4 is 5.32 Å². The van der Waals surface area contributed by atoms with Gasteiger partial charge in [-0.3, -0.25) is 5.32 Å². The highest BCUT2D eigenvalue weighted by Crippen LogP contribution is 2.43. The van der Waals surface area contributed by atoms with Crippen molar-refractivity contribution < 1.29 is 18.3 Å². The molecule has 4 nitrogen and oxygen atoms in total. The van der Waals surface area contributed by atoms with Crippen LogP contribution in [-0.2, 0) is 11.2 Å². The standard InChI is InChI=1S/C22H13ClF2N2O2/c23-21-15(14-3-1-2-13(8-14)11-26)5-7-18-20(21)19(29-22(28)27-18)10-12-4-6-16(24)17(25)9-12/h1-9,19H,10H2,(H,27,28). The molecule has 0 fully saturated rings. The highest BCUT2D eigenvalue weighted by molar-refractivity contribution is 6.34. The molecule has 0 aliphatic carbocycles. The van der Waals surface area contributed by atoms with Crippen molar-refractivity contribution in [3.8, 4) is 17.2 Å². The molecule has 0 spiro atoms. The lowest BCUT2D eigenvalue weighted by atomic mass is 9.94. The third-order valence-electron chi connectivity index (χ3n) is 4.70. The van der Waals surface area contributed by atoms with Gasteiger partial charge in [0.25, 0.3) is 0 Å².